The molecule has 0 saturated heterocycles. The third kappa shape index (κ3) is 3.67. The van der Waals surface area contributed by atoms with Crippen LogP contribution in [0.4, 0.5) is 0 Å². The number of rotatable bonds is 4. The molecule has 0 atom stereocenters. The first-order chi connectivity index (χ1) is 7.65. The molecule has 16 heavy (non-hydrogen) atoms. The number of carbonyl (C=O) groups is 1. The van der Waals surface area contributed by atoms with E-state index in [1.807, 2.05) is 0 Å². The smallest absolute Gasteiger partial charge is 0.251 e. The van der Waals surface area contributed by atoms with Crippen molar-refractivity contribution in [2.75, 3.05) is 13.1 Å². The minimum Gasteiger partial charge on any atom is -0.507 e. The molecule has 5 heteroatoms. The van der Waals surface area contributed by atoms with E-state index < -0.39 is 0 Å². The molecule has 0 bridgehead atoms. The first kappa shape index (κ1) is 12.7. The molecular weight excluding hydrogens is 272 g/mol. The van der Waals surface area contributed by atoms with Crippen molar-refractivity contribution in [1.82, 2.24) is 5.32 Å². The third-order valence-electron chi connectivity index (χ3n) is 1.89. The lowest BCUT2D eigenvalue weighted by Gasteiger charge is -2.03. The van der Waals surface area contributed by atoms with E-state index >= 15 is 0 Å². The number of carbonyl (C=O) groups excluding carboxylic acids is 1. The molecule has 0 aliphatic carbocycles. The lowest BCUT2D eigenvalue weighted by Crippen LogP contribution is -2.23. The molecule has 0 radical (unpaired) electrons. The molecule has 0 spiro atoms. The maximum Gasteiger partial charge on any atom is 0.251 e. The molecule has 0 unspecified atom stereocenters. The molecule has 86 valence electrons. The van der Waals surface area contributed by atoms with Crippen LogP contribution in [0.25, 0.3) is 0 Å². The van der Waals surface area contributed by atoms with Crippen LogP contribution in [0.3, 0.4) is 0 Å². The Morgan fingerprint density at radius 3 is 2.88 bits per heavy atom. The molecule has 0 aromatic heterocycles. The topological polar surface area (TPSA) is 75.3 Å². The van der Waals surface area contributed by atoms with Gasteiger partial charge in [-0.15, -0.1) is 0 Å². The fraction of sp³-hybridized carbons (Fsp3) is 0.182. The second kappa shape index (κ2) is 6.30. The van der Waals surface area contributed by atoms with Gasteiger partial charge in [-0.3, -0.25) is 4.79 Å². The van der Waals surface area contributed by atoms with Crippen LogP contribution in [0.2, 0.25) is 0 Å². The van der Waals surface area contributed by atoms with E-state index in [-0.39, 0.29) is 11.7 Å². The lowest BCUT2D eigenvalue weighted by molar-refractivity contribution is 0.0957. The van der Waals surface area contributed by atoms with Crippen molar-refractivity contribution in [3.05, 3.63) is 40.4 Å². The summed E-state index contributed by atoms with van der Waals surface area (Å²) in [4.78, 5) is 11.6. The van der Waals surface area contributed by atoms with Crippen molar-refractivity contribution in [2.45, 2.75) is 0 Å². The van der Waals surface area contributed by atoms with E-state index in [0.29, 0.717) is 23.1 Å². The van der Waals surface area contributed by atoms with Crippen molar-refractivity contribution in [3.63, 3.8) is 0 Å². The lowest BCUT2D eigenvalue weighted by atomic mass is 10.2. The van der Waals surface area contributed by atoms with Crippen LogP contribution in [0.15, 0.2) is 34.8 Å². The Morgan fingerprint density at radius 1 is 1.50 bits per heavy atom. The van der Waals surface area contributed by atoms with E-state index in [9.17, 15) is 9.90 Å². The zero-order chi connectivity index (χ0) is 12.0. The Balaban J connectivity index is 2.59. The molecule has 1 rings (SSSR count). The SMILES string of the molecule is NC/C=C/CNC(=O)c1ccc(Br)c(O)c1. The van der Waals surface area contributed by atoms with Crippen LogP contribution in [0.5, 0.6) is 5.75 Å². The predicted octanol–water partition coefficient (Wildman–Crippen LogP) is 1.40. The van der Waals surface area contributed by atoms with E-state index in [4.69, 9.17) is 5.73 Å². The quantitative estimate of drug-likeness (QED) is 0.732. The number of phenolic OH excluding ortho intramolecular Hbond substituents is 1. The average Bonchev–Trinajstić information content (AvgIpc) is 2.28. The maximum absolute atomic E-state index is 11.6. The van der Waals surface area contributed by atoms with Gasteiger partial charge in [-0.2, -0.15) is 0 Å². The van der Waals surface area contributed by atoms with Gasteiger partial charge < -0.3 is 16.2 Å². The zero-order valence-electron chi connectivity index (χ0n) is 8.61. The molecule has 4 N–H and O–H groups in total. The van der Waals surface area contributed by atoms with Gasteiger partial charge in [0.15, 0.2) is 0 Å². The molecule has 0 fully saturated rings. The van der Waals surface area contributed by atoms with E-state index in [1.165, 1.54) is 6.07 Å². The number of benzene rings is 1. The van der Waals surface area contributed by atoms with Crippen LogP contribution >= 0.6 is 15.9 Å². The second-order valence-corrected chi connectivity index (χ2v) is 3.94. The number of amides is 1. The summed E-state index contributed by atoms with van der Waals surface area (Å²) in [6.07, 6.45) is 3.54. The second-order valence-electron chi connectivity index (χ2n) is 3.08. The van der Waals surface area contributed by atoms with Crippen LogP contribution in [-0.4, -0.2) is 24.1 Å². The van der Waals surface area contributed by atoms with Crippen LogP contribution in [0.1, 0.15) is 10.4 Å². The van der Waals surface area contributed by atoms with Crippen molar-refractivity contribution in [2.24, 2.45) is 5.73 Å². The van der Waals surface area contributed by atoms with Crippen LogP contribution in [-0.2, 0) is 0 Å². The highest BCUT2D eigenvalue weighted by atomic mass is 79.9. The number of aromatic hydroxyl groups is 1. The predicted molar refractivity (Wildman–Crippen MR) is 66.3 cm³/mol. The highest BCUT2D eigenvalue weighted by Gasteiger charge is 2.06. The van der Waals surface area contributed by atoms with E-state index in [2.05, 4.69) is 21.2 Å². The molecule has 4 nitrogen and oxygen atoms in total. The highest BCUT2D eigenvalue weighted by molar-refractivity contribution is 9.10. The van der Waals surface area contributed by atoms with Crippen molar-refractivity contribution >= 4 is 21.8 Å². The monoisotopic (exact) mass is 284 g/mol. The molecule has 1 aromatic carbocycles. The van der Waals surface area contributed by atoms with Gasteiger partial charge in [0.2, 0.25) is 0 Å². The Hall–Kier alpha value is -1.33. The van der Waals surface area contributed by atoms with Gasteiger partial charge in [0.25, 0.3) is 5.91 Å². The summed E-state index contributed by atoms with van der Waals surface area (Å²) < 4.78 is 0.562. The summed E-state index contributed by atoms with van der Waals surface area (Å²) in [6.45, 7) is 0.877. The third-order valence-corrected chi connectivity index (χ3v) is 2.56. The summed E-state index contributed by atoms with van der Waals surface area (Å²) in [6, 6.07) is 4.66. The Morgan fingerprint density at radius 2 is 2.25 bits per heavy atom. The summed E-state index contributed by atoms with van der Waals surface area (Å²) >= 11 is 3.14. The summed E-state index contributed by atoms with van der Waals surface area (Å²) in [7, 11) is 0. The van der Waals surface area contributed by atoms with Gasteiger partial charge in [-0.1, -0.05) is 12.2 Å². The molecular formula is C11H13BrN2O2. The first-order valence-electron chi connectivity index (χ1n) is 4.77. The Labute approximate surface area is 102 Å². The summed E-state index contributed by atoms with van der Waals surface area (Å²) in [5.41, 5.74) is 5.67. The number of nitrogens with one attached hydrogen (secondary N) is 1. The van der Waals surface area contributed by atoms with E-state index in [0.717, 1.165) is 0 Å². The molecule has 0 heterocycles. The fourth-order valence-electron chi connectivity index (χ4n) is 1.09. The van der Waals surface area contributed by atoms with Gasteiger partial charge in [0, 0.05) is 18.7 Å². The minimum atomic E-state index is -0.232. The highest BCUT2D eigenvalue weighted by Crippen LogP contribution is 2.24. The van der Waals surface area contributed by atoms with Gasteiger partial charge in [-0.25, -0.2) is 0 Å². The molecule has 0 aliphatic heterocycles. The van der Waals surface area contributed by atoms with Gasteiger partial charge in [0.05, 0.1) is 4.47 Å². The van der Waals surface area contributed by atoms with Crippen molar-refractivity contribution in [1.29, 1.82) is 0 Å². The van der Waals surface area contributed by atoms with Gasteiger partial charge in [0.1, 0.15) is 5.75 Å². The minimum absolute atomic E-state index is 0.0464. The summed E-state index contributed by atoms with van der Waals surface area (Å²) in [5.74, 6) is -0.186. The summed E-state index contributed by atoms with van der Waals surface area (Å²) in [5, 5.41) is 12.1. The van der Waals surface area contributed by atoms with Gasteiger partial charge >= 0.3 is 0 Å². The van der Waals surface area contributed by atoms with Crippen LogP contribution < -0.4 is 11.1 Å². The molecule has 0 saturated carbocycles. The zero-order valence-corrected chi connectivity index (χ0v) is 10.2. The standard InChI is InChI=1S/C11H13BrN2O2/c12-9-4-3-8(7-10(9)15)11(16)14-6-2-1-5-13/h1-4,7,15H,5-6,13H2,(H,14,16)/b2-1+. The van der Waals surface area contributed by atoms with Crippen molar-refractivity contribution in [3.8, 4) is 5.75 Å². The number of nitrogens with two attached hydrogens (primary N) is 1. The molecule has 1 amide bonds. The first-order valence-corrected chi connectivity index (χ1v) is 5.56. The number of hydrogen-bond donors (Lipinski definition) is 3. The normalized spacial score (nSPS) is 10.6. The number of hydrogen-bond acceptors (Lipinski definition) is 3. The number of phenols is 1. The van der Waals surface area contributed by atoms with Gasteiger partial charge in [-0.05, 0) is 34.1 Å². The Bertz CT molecular complexity index is 405. The maximum atomic E-state index is 11.6. The largest absolute Gasteiger partial charge is 0.507 e. The Kier molecular flexibility index (Phi) is 5.01. The average molecular weight is 285 g/mol. The number of halogens is 1. The molecule has 0 aliphatic rings. The van der Waals surface area contributed by atoms with Crippen LogP contribution in [0, 0.1) is 0 Å². The fourth-order valence-corrected chi connectivity index (χ4v) is 1.33. The molecule has 1 aromatic rings. The van der Waals surface area contributed by atoms with Crippen molar-refractivity contribution < 1.29 is 9.90 Å². The van der Waals surface area contributed by atoms with E-state index in [1.54, 1.807) is 24.3 Å².